The van der Waals surface area contributed by atoms with Crippen LogP contribution in [-0.2, 0) is 0 Å². The number of hydrogen-bond donors (Lipinski definition) is 2. The maximum atomic E-state index is 13.7. The second-order valence-corrected chi connectivity index (χ2v) is 5.14. The third-order valence-electron chi connectivity index (χ3n) is 2.90. The van der Waals surface area contributed by atoms with Crippen molar-refractivity contribution in [2.75, 3.05) is 18.4 Å². The van der Waals surface area contributed by atoms with E-state index in [1.807, 2.05) is 0 Å². The third-order valence-corrected chi connectivity index (χ3v) is 2.90. The Kier molecular flexibility index (Phi) is 6.42. The van der Waals surface area contributed by atoms with Crippen LogP contribution in [0.2, 0.25) is 0 Å². The van der Waals surface area contributed by atoms with Gasteiger partial charge in [0.2, 0.25) is 0 Å². The Labute approximate surface area is 118 Å². The molecule has 0 aliphatic carbocycles. The van der Waals surface area contributed by atoms with Crippen LogP contribution in [0.25, 0.3) is 0 Å². The van der Waals surface area contributed by atoms with Gasteiger partial charge in [0.1, 0.15) is 17.3 Å². The largest absolute Gasteiger partial charge is 0.381 e. The van der Waals surface area contributed by atoms with Crippen molar-refractivity contribution in [3.63, 3.8) is 0 Å². The van der Waals surface area contributed by atoms with Crippen molar-refractivity contribution in [1.29, 1.82) is 0 Å². The van der Waals surface area contributed by atoms with Crippen LogP contribution in [0.3, 0.4) is 0 Å². The molecule has 0 heterocycles. The van der Waals surface area contributed by atoms with Crippen molar-refractivity contribution in [2.45, 2.75) is 33.6 Å². The molecule has 0 aromatic heterocycles. The van der Waals surface area contributed by atoms with E-state index in [4.69, 9.17) is 0 Å². The summed E-state index contributed by atoms with van der Waals surface area (Å²) in [6, 6.07) is 2.11. The number of benzene rings is 1. The summed E-state index contributed by atoms with van der Waals surface area (Å²) in [5, 5.41) is 5.26. The van der Waals surface area contributed by atoms with Crippen molar-refractivity contribution in [2.24, 2.45) is 5.92 Å². The number of hydrogen-bond acceptors (Lipinski definition) is 2. The van der Waals surface area contributed by atoms with Gasteiger partial charge in [-0.2, -0.15) is 0 Å². The highest BCUT2D eigenvalue weighted by atomic mass is 19.1. The fourth-order valence-corrected chi connectivity index (χ4v) is 1.86. The van der Waals surface area contributed by atoms with E-state index in [2.05, 4.69) is 24.5 Å². The fourth-order valence-electron chi connectivity index (χ4n) is 1.86. The zero-order valence-electron chi connectivity index (χ0n) is 12.2. The molecule has 0 radical (unpaired) electrons. The lowest BCUT2D eigenvalue weighted by atomic mass is 10.1. The standard InChI is InChI=1S/C15H22F2N2O/c1-4-18-14-12(16)8-11(9-13(14)17)15(20)19-7-5-6-10(2)3/h8-10,18H,4-7H2,1-3H3,(H,19,20). The molecule has 0 bridgehead atoms. The molecule has 3 nitrogen and oxygen atoms in total. The minimum absolute atomic E-state index is 0.00574. The van der Waals surface area contributed by atoms with Gasteiger partial charge in [-0.15, -0.1) is 0 Å². The number of anilines is 1. The van der Waals surface area contributed by atoms with Crippen molar-refractivity contribution < 1.29 is 13.6 Å². The van der Waals surface area contributed by atoms with Crippen molar-refractivity contribution in [3.8, 4) is 0 Å². The SMILES string of the molecule is CCNc1c(F)cc(C(=O)NCCCC(C)C)cc1F. The van der Waals surface area contributed by atoms with E-state index >= 15 is 0 Å². The summed E-state index contributed by atoms with van der Waals surface area (Å²) in [6.07, 6.45) is 1.85. The first-order valence-electron chi connectivity index (χ1n) is 6.96. The van der Waals surface area contributed by atoms with Crippen LogP contribution in [0.5, 0.6) is 0 Å². The summed E-state index contributed by atoms with van der Waals surface area (Å²) in [4.78, 5) is 11.8. The second-order valence-electron chi connectivity index (χ2n) is 5.14. The lowest BCUT2D eigenvalue weighted by molar-refractivity contribution is 0.0951. The van der Waals surface area contributed by atoms with Crippen LogP contribution in [-0.4, -0.2) is 19.0 Å². The van der Waals surface area contributed by atoms with Gasteiger partial charge in [-0.05, 0) is 37.8 Å². The van der Waals surface area contributed by atoms with E-state index in [1.54, 1.807) is 6.92 Å². The smallest absolute Gasteiger partial charge is 0.251 e. The molecule has 1 rings (SSSR count). The van der Waals surface area contributed by atoms with Gasteiger partial charge in [0.05, 0.1) is 0 Å². The predicted molar refractivity (Wildman–Crippen MR) is 76.9 cm³/mol. The van der Waals surface area contributed by atoms with E-state index in [0.717, 1.165) is 25.0 Å². The first kappa shape index (κ1) is 16.4. The summed E-state index contributed by atoms with van der Waals surface area (Å²) >= 11 is 0. The molecule has 112 valence electrons. The Bertz CT molecular complexity index is 438. The molecular formula is C15H22F2N2O. The Morgan fingerprint density at radius 3 is 2.35 bits per heavy atom. The van der Waals surface area contributed by atoms with E-state index in [-0.39, 0.29) is 11.3 Å². The zero-order chi connectivity index (χ0) is 15.1. The summed E-state index contributed by atoms with van der Waals surface area (Å²) < 4.78 is 27.3. The minimum Gasteiger partial charge on any atom is -0.381 e. The summed E-state index contributed by atoms with van der Waals surface area (Å²) in [5.74, 6) is -1.38. The van der Waals surface area contributed by atoms with Gasteiger partial charge in [-0.25, -0.2) is 8.78 Å². The number of nitrogens with one attached hydrogen (secondary N) is 2. The van der Waals surface area contributed by atoms with Gasteiger partial charge < -0.3 is 10.6 Å². The molecule has 0 aliphatic rings. The topological polar surface area (TPSA) is 41.1 Å². The molecule has 0 saturated carbocycles. The first-order valence-corrected chi connectivity index (χ1v) is 6.96. The first-order chi connectivity index (χ1) is 9.45. The van der Waals surface area contributed by atoms with Crippen molar-refractivity contribution in [3.05, 3.63) is 29.3 Å². The zero-order valence-corrected chi connectivity index (χ0v) is 12.2. The fraction of sp³-hybridized carbons (Fsp3) is 0.533. The second kappa shape index (κ2) is 7.82. The van der Waals surface area contributed by atoms with Gasteiger partial charge in [0.25, 0.3) is 5.91 Å². The van der Waals surface area contributed by atoms with Crippen LogP contribution >= 0.6 is 0 Å². The van der Waals surface area contributed by atoms with Crippen LogP contribution in [0, 0.1) is 17.6 Å². The highest BCUT2D eigenvalue weighted by molar-refractivity contribution is 5.94. The Hall–Kier alpha value is -1.65. The maximum Gasteiger partial charge on any atom is 0.251 e. The Morgan fingerprint density at radius 1 is 1.25 bits per heavy atom. The molecule has 0 spiro atoms. The Balaban J connectivity index is 2.65. The average molecular weight is 284 g/mol. The van der Waals surface area contributed by atoms with Gasteiger partial charge in [-0.3, -0.25) is 4.79 Å². The monoisotopic (exact) mass is 284 g/mol. The highest BCUT2D eigenvalue weighted by Crippen LogP contribution is 2.20. The molecule has 2 N–H and O–H groups in total. The van der Waals surface area contributed by atoms with E-state index in [0.29, 0.717) is 19.0 Å². The number of carbonyl (C=O) groups is 1. The molecule has 0 aliphatic heterocycles. The molecule has 0 fully saturated rings. The summed E-state index contributed by atoms with van der Waals surface area (Å²) in [6.45, 7) is 6.87. The van der Waals surface area contributed by atoms with E-state index < -0.39 is 17.5 Å². The molecule has 0 saturated heterocycles. The quantitative estimate of drug-likeness (QED) is 0.752. The summed E-state index contributed by atoms with van der Waals surface area (Å²) in [5.41, 5.74) is -0.185. The number of carbonyl (C=O) groups excluding carboxylic acids is 1. The van der Waals surface area contributed by atoms with Gasteiger partial charge in [-0.1, -0.05) is 13.8 Å². The minimum atomic E-state index is -0.751. The van der Waals surface area contributed by atoms with Crippen LogP contribution < -0.4 is 10.6 Å². The predicted octanol–water partition coefficient (Wildman–Crippen LogP) is 3.56. The number of rotatable bonds is 7. The maximum absolute atomic E-state index is 13.7. The number of amides is 1. The molecule has 1 amide bonds. The third kappa shape index (κ3) is 4.79. The number of halogens is 2. The molecule has 5 heteroatoms. The molecule has 0 atom stereocenters. The van der Waals surface area contributed by atoms with Gasteiger partial charge in [0, 0.05) is 18.7 Å². The van der Waals surface area contributed by atoms with E-state index in [1.165, 1.54) is 0 Å². The molecule has 0 unspecified atom stereocenters. The highest BCUT2D eigenvalue weighted by Gasteiger charge is 2.14. The Morgan fingerprint density at radius 2 is 1.85 bits per heavy atom. The van der Waals surface area contributed by atoms with Gasteiger partial charge >= 0.3 is 0 Å². The van der Waals surface area contributed by atoms with Crippen LogP contribution in [0.15, 0.2) is 12.1 Å². The molecular weight excluding hydrogens is 262 g/mol. The molecule has 20 heavy (non-hydrogen) atoms. The summed E-state index contributed by atoms with van der Waals surface area (Å²) in [7, 11) is 0. The lowest BCUT2D eigenvalue weighted by Gasteiger charge is -2.10. The van der Waals surface area contributed by atoms with Gasteiger partial charge in [0.15, 0.2) is 0 Å². The molecule has 1 aromatic carbocycles. The lowest BCUT2D eigenvalue weighted by Crippen LogP contribution is -2.25. The van der Waals surface area contributed by atoms with Crippen molar-refractivity contribution in [1.82, 2.24) is 5.32 Å². The van der Waals surface area contributed by atoms with Crippen LogP contribution in [0.1, 0.15) is 44.0 Å². The van der Waals surface area contributed by atoms with Crippen LogP contribution in [0.4, 0.5) is 14.5 Å². The molecule has 1 aromatic rings. The normalized spacial score (nSPS) is 10.7. The average Bonchev–Trinajstić information content (AvgIpc) is 2.38. The van der Waals surface area contributed by atoms with E-state index in [9.17, 15) is 13.6 Å². The van der Waals surface area contributed by atoms with Crippen molar-refractivity contribution >= 4 is 11.6 Å².